The van der Waals surface area contributed by atoms with E-state index in [9.17, 15) is 22.8 Å². The van der Waals surface area contributed by atoms with Crippen LogP contribution in [-0.4, -0.2) is 40.0 Å². The van der Waals surface area contributed by atoms with E-state index in [0.717, 1.165) is 11.6 Å². The van der Waals surface area contributed by atoms with Gasteiger partial charge in [0.25, 0.3) is 15.9 Å². The zero-order valence-corrected chi connectivity index (χ0v) is 19.5. The summed E-state index contributed by atoms with van der Waals surface area (Å²) in [6.45, 7) is -0.720. The fourth-order valence-electron chi connectivity index (χ4n) is 3.11. The van der Waals surface area contributed by atoms with Gasteiger partial charge in [0.05, 0.1) is 29.8 Å². The molecule has 11 heteroatoms. The Hall–Kier alpha value is -4.38. The summed E-state index contributed by atoms with van der Waals surface area (Å²) < 4.78 is 38.6. The number of primary amides is 1. The first-order valence-corrected chi connectivity index (χ1v) is 11.7. The maximum Gasteiger partial charge on any atom is 0.338 e. The molecule has 3 aromatic carbocycles. The summed E-state index contributed by atoms with van der Waals surface area (Å²) in [6, 6.07) is 19.7. The Morgan fingerprint density at radius 3 is 2.26 bits per heavy atom. The van der Waals surface area contributed by atoms with Gasteiger partial charge in [-0.15, -0.1) is 0 Å². The van der Waals surface area contributed by atoms with Crippen LogP contribution in [0.15, 0.2) is 83.8 Å². The minimum Gasteiger partial charge on any atom is -0.497 e. The number of carbonyl (C=O) groups excluding carboxylic acids is 3. The Bertz CT molecular complexity index is 1310. The number of sulfonamides is 1. The van der Waals surface area contributed by atoms with Crippen LogP contribution in [0.4, 0.5) is 10.5 Å². The van der Waals surface area contributed by atoms with Crippen molar-refractivity contribution < 1.29 is 32.3 Å². The molecule has 3 aromatic rings. The smallest absolute Gasteiger partial charge is 0.338 e. The minimum absolute atomic E-state index is 0.0392. The van der Waals surface area contributed by atoms with Gasteiger partial charge in [0.1, 0.15) is 5.75 Å². The highest BCUT2D eigenvalue weighted by molar-refractivity contribution is 7.92. The molecule has 10 nitrogen and oxygen atoms in total. The summed E-state index contributed by atoms with van der Waals surface area (Å²) in [5.41, 5.74) is 5.89. The maximum atomic E-state index is 13.7. The number of carbonyl (C=O) groups is 3. The average Bonchev–Trinajstić information content (AvgIpc) is 2.86. The van der Waals surface area contributed by atoms with E-state index < -0.39 is 34.5 Å². The Labute approximate surface area is 202 Å². The molecule has 182 valence electrons. The van der Waals surface area contributed by atoms with Crippen molar-refractivity contribution >= 4 is 33.6 Å². The van der Waals surface area contributed by atoms with Crippen LogP contribution in [0.25, 0.3) is 0 Å². The van der Waals surface area contributed by atoms with Crippen LogP contribution in [0.2, 0.25) is 0 Å². The van der Waals surface area contributed by atoms with Gasteiger partial charge in [-0.1, -0.05) is 36.4 Å². The number of amides is 3. The maximum absolute atomic E-state index is 13.7. The highest BCUT2D eigenvalue weighted by atomic mass is 32.2. The van der Waals surface area contributed by atoms with Gasteiger partial charge >= 0.3 is 12.0 Å². The molecule has 0 aliphatic carbocycles. The number of nitrogens with zero attached hydrogens (tertiary/aromatic N) is 1. The van der Waals surface area contributed by atoms with Crippen molar-refractivity contribution in [2.45, 2.75) is 11.4 Å². The summed E-state index contributed by atoms with van der Waals surface area (Å²) >= 11 is 0. The van der Waals surface area contributed by atoms with Crippen molar-refractivity contribution in [1.29, 1.82) is 0 Å². The van der Waals surface area contributed by atoms with Crippen molar-refractivity contribution in [2.75, 3.05) is 18.0 Å². The Balaban J connectivity index is 1.91. The van der Waals surface area contributed by atoms with Gasteiger partial charge in [-0.25, -0.2) is 18.0 Å². The van der Waals surface area contributed by atoms with Crippen LogP contribution >= 0.6 is 0 Å². The summed E-state index contributed by atoms with van der Waals surface area (Å²) in [5, 5.41) is 1.76. The highest BCUT2D eigenvalue weighted by Crippen LogP contribution is 2.28. The molecule has 0 aromatic heterocycles. The minimum atomic E-state index is -4.13. The van der Waals surface area contributed by atoms with Gasteiger partial charge in [0.2, 0.25) is 0 Å². The molecular weight excluding hydrogens is 474 g/mol. The monoisotopic (exact) mass is 497 g/mol. The van der Waals surface area contributed by atoms with Gasteiger partial charge in [-0.2, -0.15) is 0 Å². The molecule has 0 unspecified atom stereocenters. The normalized spacial score (nSPS) is 10.8. The van der Waals surface area contributed by atoms with E-state index in [1.807, 2.05) is 6.07 Å². The second-order valence-electron chi connectivity index (χ2n) is 7.21. The lowest BCUT2D eigenvalue weighted by atomic mass is 10.2. The molecule has 0 bridgehead atoms. The SMILES string of the molecule is COc1ccc(N(Cc2ccccc2)S(=O)(=O)c2cccc(C(=O)OCC(=O)NC(N)=O)c2)cc1. The number of hydrogen-bond donors (Lipinski definition) is 2. The third-order valence-corrected chi connectivity index (χ3v) is 6.55. The fourth-order valence-corrected chi connectivity index (χ4v) is 4.61. The van der Waals surface area contributed by atoms with Crippen LogP contribution < -0.4 is 20.1 Å². The fraction of sp³-hybridized carbons (Fsp3) is 0.125. The van der Waals surface area contributed by atoms with Crippen LogP contribution in [0, 0.1) is 0 Å². The van der Waals surface area contributed by atoms with Crippen molar-refractivity contribution in [2.24, 2.45) is 5.73 Å². The lowest BCUT2D eigenvalue weighted by molar-refractivity contribution is -0.123. The summed E-state index contributed by atoms with van der Waals surface area (Å²) in [4.78, 5) is 34.4. The number of nitrogens with two attached hydrogens (primary N) is 1. The standard InChI is InChI=1S/C24H23N3O7S/c1-33-20-12-10-19(11-13-20)27(15-17-6-3-2-4-7-17)35(31,32)21-9-5-8-18(14-21)23(29)34-16-22(28)26-24(25)30/h2-14H,15-16H2,1H3,(H3,25,26,28,30). The first-order chi connectivity index (χ1) is 16.7. The van der Waals surface area contributed by atoms with E-state index >= 15 is 0 Å². The van der Waals surface area contributed by atoms with Gasteiger partial charge in [-0.3, -0.25) is 14.4 Å². The van der Waals surface area contributed by atoms with Gasteiger partial charge in [0.15, 0.2) is 6.61 Å². The quantitative estimate of drug-likeness (QED) is 0.432. The molecule has 0 saturated carbocycles. The van der Waals surface area contributed by atoms with Crippen LogP contribution in [0.1, 0.15) is 15.9 Å². The summed E-state index contributed by atoms with van der Waals surface area (Å²) in [5.74, 6) is -1.29. The van der Waals surface area contributed by atoms with Crippen LogP contribution in [0.5, 0.6) is 5.75 Å². The lowest BCUT2D eigenvalue weighted by Crippen LogP contribution is -2.37. The van der Waals surface area contributed by atoms with Crippen molar-refractivity contribution in [1.82, 2.24) is 5.32 Å². The third kappa shape index (κ3) is 6.58. The van der Waals surface area contributed by atoms with E-state index in [2.05, 4.69) is 0 Å². The number of imide groups is 1. The molecule has 0 aliphatic rings. The number of benzene rings is 3. The summed E-state index contributed by atoms with van der Waals surface area (Å²) in [7, 11) is -2.62. The van der Waals surface area contributed by atoms with Gasteiger partial charge in [0, 0.05) is 0 Å². The molecule has 3 N–H and O–H groups in total. The average molecular weight is 498 g/mol. The zero-order chi connectivity index (χ0) is 25.4. The van der Waals surface area contributed by atoms with E-state index in [1.165, 1.54) is 29.6 Å². The Kier molecular flexibility index (Phi) is 8.05. The molecule has 3 rings (SSSR count). The number of esters is 1. The van der Waals surface area contributed by atoms with E-state index in [-0.39, 0.29) is 17.0 Å². The highest BCUT2D eigenvalue weighted by Gasteiger charge is 2.26. The molecular formula is C24H23N3O7S. The Morgan fingerprint density at radius 2 is 1.63 bits per heavy atom. The van der Waals surface area contributed by atoms with E-state index in [4.69, 9.17) is 15.2 Å². The van der Waals surface area contributed by atoms with Gasteiger partial charge < -0.3 is 15.2 Å². The lowest BCUT2D eigenvalue weighted by Gasteiger charge is -2.25. The first-order valence-electron chi connectivity index (χ1n) is 10.3. The van der Waals surface area contributed by atoms with Gasteiger partial charge in [-0.05, 0) is 48.0 Å². The van der Waals surface area contributed by atoms with E-state index in [1.54, 1.807) is 53.8 Å². The Morgan fingerprint density at radius 1 is 0.943 bits per heavy atom. The number of ether oxygens (including phenoxy) is 2. The van der Waals surface area contributed by atoms with E-state index in [0.29, 0.717) is 11.4 Å². The van der Waals surface area contributed by atoms with Crippen molar-refractivity contribution in [3.05, 3.63) is 90.0 Å². The molecule has 0 spiro atoms. The second-order valence-corrected chi connectivity index (χ2v) is 9.07. The predicted molar refractivity (Wildman–Crippen MR) is 127 cm³/mol. The third-order valence-electron chi connectivity index (χ3n) is 4.78. The molecule has 0 saturated heterocycles. The number of nitrogens with one attached hydrogen (secondary N) is 1. The molecule has 0 aliphatic heterocycles. The molecule has 0 radical (unpaired) electrons. The molecule has 3 amide bonds. The topological polar surface area (TPSA) is 145 Å². The molecule has 0 atom stereocenters. The largest absolute Gasteiger partial charge is 0.497 e. The molecule has 0 heterocycles. The number of methoxy groups -OCH3 is 1. The van der Waals surface area contributed by atoms with Crippen LogP contribution in [0.3, 0.4) is 0 Å². The first kappa shape index (κ1) is 25.2. The number of anilines is 1. The number of rotatable bonds is 9. The second kappa shape index (κ2) is 11.2. The number of hydrogen-bond acceptors (Lipinski definition) is 7. The van der Waals surface area contributed by atoms with Crippen molar-refractivity contribution in [3.8, 4) is 5.75 Å². The molecule has 35 heavy (non-hydrogen) atoms. The van der Waals surface area contributed by atoms with Crippen LogP contribution in [-0.2, 0) is 26.1 Å². The number of urea groups is 1. The van der Waals surface area contributed by atoms with Crippen molar-refractivity contribution in [3.63, 3.8) is 0 Å². The predicted octanol–water partition coefficient (Wildman–Crippen LogP) is 2.44. The zero-order valence-electron chi connectivity index (χ0n) is 18.7. The summed E-state index contributed by atoms with van der Waals surface area (Å²) in [6.07, 6.45) is 0. The molecule has 0 fully saturated rings.